The molecule has 0 aliphatic carbocycles. The van der Waals surface area contributed by atoms with Gasteiger partial charge in [-0.15, -0.1) is 0 Å². The average molecular weight is 217 g/mol. The maximum atomic E-state index is 11.7. The monoisotopic (exact) mass is 217 g/mol. The number of nitrogens with two attached hydrogens (primary N) is 1. The SMILES string of the molecule is CC1C=NN(c2ccc(CCN)cc2)C1=O. The molecule has 0 aromatic heterocycles. The van der Waals surface area contributed by atoms with Crippen LogP contribution in [0.4, 0.5) is 5.69 Å². The fraction of sp³-hybridized carbons (Fsp3) is 0.333. The summed E-state index contributed by atoms with van der Waals surface area (Å²) in [5, 5.41) is 5.52. The highest BCUT2D eigenvalue weighted by atomic mass is 16.2. The van der Waals surface area contributed by atoms with Crippen molar-refractivity contribution in [2.75, 3.05) is 11.6 Å². The van der Waals surface area contributed by atoms with E-state index in [4.69, 9.17) is 5.73 Å². The molecule has 2 rings (SSSR count). The number of nitrogens with zero attached hydrogens (tertiary/aromatic N) is 2. The molecule has 0 bridgehead atoms. The quantitative estimate of drug-likeness (QED) is 0.825. The second kappa shape index (κ2) is 4.45. The Labute approximate surface area is 94.7 Å². The molecule has 0 spiro atoms. The van der Waals surface area contributed by atoms with Gasteiger partial charge in [0.2, 0.25) is 0 Å². The maximum Gasteiger partial charge on any atom is 0.255 e. The van der Waals surface area contributed by atoms with E-state index < -0.39 is 0 Å². The Hall–Kier alpha value is -1.68. The summed E-state index contributed by atoms with van der Waals surface area (Å²) in [4.78, 5) is 11.7. The number of hydrogen-bond donors (Lipinski definition) is 1. The molecule has 1 aliphatic rings. The van der Waals surface area contributed by atoms with Gasteiger partial charge in [-0.25, -0.2) is 5.01 Å². The van der Waals surface area contributed by atoms with Crippen molar-refractivity contribution in [3.63, 3.8) is 0 Å². The van der Waals surface area contributed by atoms with E-state index in [-0.39, 0.29) is 11.8 Å². The van der Waals surface area contributed by atoms with Crippen molar-refractivity contribution in [3.8, 4) is 0 Å². The first kappa shape index (κ1) is 10.8. The fourth-order valence-corrected chi connectivity index (χ4v) is 1.64. The van der Waals surface area contributed by atoms with Gasteiger partial charge in [-0.2, -0.15) is 5.10 Å². The summed E-state index contributed by atoms with van der Waals surface area (Å²) in [6.07, 6.45) is 2.52. The number of hydrazone groups is 1. The minimum atomic E-state index is -0.122. The van der Waals surface area contributed by atoms with Crippen molar-refractivity contribution < 1.29 is 4.79 Å². The Kier molecular flexibility index (Phi) is 3.01. The van der Waals surface area contributed by atoms with E-state index in [0.29, 0.717) is 6.54 Å². The number of hydrogen-bond acceptors (Lipinski definition) is 3. The smallest absolute Gasteiger partial charge is 0.255 e. The molecule has 0 fully saturated rings. The third-order valence-corrected chi connectivity index (χ3v) is 2.62. The van der Waals surface area contributed by atoms with E-state index in [1.807, 2.05) is 31.2 Å². The van der Waals surface area contributed by atoms with Crippen LogP contribution in [0.1, 0.15) is 12.5 Å². The van der Waals surface area contributed by atoms with Crippen LogP contribution < -0.4 is 10.7 Å². The van der Waals surface area contributed by atoms with E-state index in [1.165, 1.54) is 10.6 Å². The molecule has 0 saturated heterocycles. The van der Waals surface area contributed by atoms with E-state index >= 15 is 0 Å². The van der Waals surface area contributed by atoms with Gasteiger partial charge in [0.05, 0.1) is 11.6 Å². The first-order valence-electron chi connectivity index (χ1n) is 5.39. The molecule has 1 unspecified atom stereocenters. The lowest BCUT2D eigenvalue weighted by molar-refractivity contribution is -0.119. The second-order valence-corrected chi connectivity index (χ2v) is 3.91. The highest BCUT2D eigenvalue weighted by Crippen LogP contribution is 2.21. The molecule has 4 nitrogen and oxygen atoms in total. The molecule has 1 aromatic carbocycles. The number of anilines is 1. The Morgan fingerprint density at radius 3 is 2.56 bits per heavy atom. The van der Waals surface area contributed by atoms with Gasteiger partial charge in [0.15, 0.2) is 0 Å². The lowest BCUT2D eigenvalue weighted by atomic mass is 10.1. The van der Waals surface area contributed by atoms with Crippen LogP contribution in [0.3, 0.4) is 0 Å². The van der Waals surface area contributed by atoms with Crippen LogP contribution in [0.5, 0.6) is 0 Å². The molecule has 1 heterocycles. The van der Waals surface area contributed by atoms with Crippen LogP contribution in [-0.2, 0) is 11.2 Å². The zero-order valence-electron chi connectivity index (χ0n) is 9.26. The molecular weight excluding hydrogens is 202 g/mol. The zero-order chi connectivity index (χ0) is 11.5. The lowest BCUT2D eigenvalue weighted by Crippen LogP contribution is -2.24. The van der Waals surface area contributed by atoms with Gasteiger partial charge in [-0.3, -0.25) is 4.79 Å². The summed E-state index contributed by atoms with van der Waals surface area (Å²) in [7, 11) is 0. The molecule has 16 heavy (non-hydrogen) atoms. The van der Waals surface area contributed by atoms with Crippen LogP contribution in [0, 0.1) is 5.92 Å². The van der Waals surface area contributed by atoms with E-state index in [0.717, 1.165) is 12.1 Å². The molecule has 4 heteroatoms. The van der Waals surface area contributed by atoms with Crippen LogP contribution in [0.15, 0.2) is 29.4 Å². The van der Waals surface area contributed by atoms with Crippen LogP contribution >= 0.6 is 0 Å². The van der Waals surface area contributed by atoms with Crippen molar-refractivity contribution >= 4 is 17.8 Å². The van der Waals surface area contributed by atoms with E-state index in [2.05, 4.69) is 5.10 Å². The highest BCUT2D eigenvalue weighted by molar-refractivity contribution is 6.07. The summed E-state index contributed by atoms with van der Waals surface area (Å²) >= 11 is 0. The molecule has 1 aromatic rings. The van der Waals surface area contributed by atoms with E-state index in [9.17, 15) is 4.79 Å². The summed E-state index contributed by atoms with van der Waals surface area (Å²) in [6, 6.07) is 7.76. The molecule has 0 saturated carbocycles. The van der Waals surface area contributed by atoms with Gasteiger partial charge >= 0.3 is 0 Å². The number of benzene rings is 1. The van der Waals surface area contributed by atoms with Crippen LogP contribution in [-0.4, -0.2) is 18.7 Å². The minimum Gasteiger partial charge on any atom is -0.330 e. The normalized spacial score (nSPS) is 19.5. The number of rotatable bonds is 3. The maximum absolute atomic E-state index is 11.7. The third-order valence-electron chi connectivity index (χ3n) is 2.62. The van der Waals surface area contributed by atoms with Gasteiger partial charge in [0, 0.05) is 6.21 Å². The predicted octanol–water partition coefficient (Wildman–Crippen LogP) is 1.16. The number of carbonyl (C=O) groups excluding carboxylic acids is 1. The molecule has 1 aliphatic heterocycles. The van der Waals surface area contributed by atoms with Crippen molar-refractivity contribution in [1.82, 2.24) is 0 Å². The summed E-state index contributed by atoms with van der Waals surface area (Å²) < 4.78 is 0. The van der Waals surface area contributed by atoms with Gasteiger partial charge < -0.3 is 5.73 Å². The highest BCUT2D eigenvalue weighted by Gasteiger charge is 2.25. The molecular formula is C12H15N3O. The minimum absolute atomic E-state index is 0.0200. The van der Waals surface area contributed by atoms with Gasteiger partial charge in [0.1, 0.15) is 0 Å². The van der Waals surface area contributed by atoms with Crippen molar-refractivity contribution in [2.45, 2.75) is 13.3 Å². The Bertz CT molecular complexity index is 411. The standard InChI is InChI=1S/C12H15N3O/c1-9-8-14-15(12(9)16)11-4-2-10(3-5-11)6-7-13/h2-5,8-9H,6-7,13H2,1H3. The third kappa shape index (κ3) is 1.97. The molecule has 0 radical (unpaired) electrons. The van der Waals surface area contributed by atoms with Crippen molar-refractivity contribution in [3.05, 3.63) is 29.8 Å². The molecule has 84 valence electrons. The summed E-state index contributed by atoms with van der Waals surface area (Å²) in [5.74, 6) is -0.102. The van der Waals surface area contributed by atoms with Gasteiger partial charge in [0.25, 0.3) is 5.91 Å². The molecule has 1 amide bonds. The average Bonchev–Trinajstić information content (AvgIpc) is 2.62. The largest absolute Gasteiger partial charge is 0.330 e. The second-order valence-electron chi connectivity index (χ2n) is 3.91. The lowest BCUT2D eigenvalue weighted by Gasteiger charge is -2.13. The Morgan fingerprint density at radius 2 is 2.06 bits per heavy atom. The van der Waals surface area contributed by atoms with Crippen molar-refractivity contribution in [1.29, 1.82) is 0 Å². The Morgan fingerprint density at radius 1 is 1.38 bits per heavy atom. The molecule has 2 N–H and O–H groups in total. The summed E-state index contributed by atoms with van der Waals surface area (Å²) in [5.41, 5.74) is 7.46. The molecule has 1 atom stereocenters. The van der Waals surface area contributed by atoms with Gasteiger partial charge in [-0.05, 0) is 37.6 Å². The number of amides is 1. The zero-order valence-corrected chi connectivity index (χ0v) is 9.26. The van der Waals surface area contributed by atoms with Crippen LogP contribution in [0.25, 0.3) is 0 Å². The first-order valence-corrected chi connectivity index (χ1v) is 5.39. The fourth-order valence-electron chi connectivity index (χ4n) is 1.64. The van der Waals surface area contributed by atoms with Crippen LogP contribution in [0.2, 0.25) is 0 Å². The topological polar surface area (TPSA) is 58.7 Å². The Balaban J connectivity index is 2.16. The first-order chi connectivity index (χ1) is 7.72. The van der Waals surface area contributed by atoms with Crippen molar-refractivity contribution in [2.24, 2.45) is 16.8 Å². The van der Waals surface area contributed by atoms with E-state index in [1.54, 1.807) is 6.21 Å². The van der Waals surface area contributed by atoms with Gasteiger partial charge in [-0.1, -0.05) is 12.1 Å². The number of carbonyl (C=O) groups is 1. The predicted molar refractivity (Wildman–Crippen MR) is 64.3 cm³/mol. The summed E-state index contributed by atoms with van der Waals surface area (Å²) in [6.45, 7) is 2.48.